The molecular weight excluding hydrogens is 476 g/mol. The zero-order valence-electron chi connectivity index (χ0n) is 15.3. The fourth-order valence-electron chi connectivity index (χ4n) is 2.35. The third-order valence-electron chi connectivity index (χ3n) is 3.61. The number of carbonyl (C=O) groups is 1. The molecule has 0 aliphatic carbocycles. The summed E-state index contributed by atoms with van der Waals surface area (Å²) < 4.78 is 6.80. The number of nitrogens with one attached hydrogen (secondary N) is 1. The smallest absolute Gasteiger partial charge is 0.234 e. The van der Waals surface area contributed by atoms with Crippen LogP contribution in [0.15, 0.2) is 75.8 Å². The van der Waals surface area contributed by atoms with Gasteiger partial charge in [0.15, 0.2) is 0 Å². The van der Waals surface area contributed by atoms with Crippen LogP contribution < -0.4 is 10.1 Å². The Labute approximate surface area is 186 Å². The van der Waals surface area contributed by atoms with Gasteiger partial charge in [0.1, 0.15) is 12.3 Å². The quantitative estimate of drug-likeness (QED) is 0.574. The van der Waals surface area contributed by atoms with E-state index in [1.54, 1.807) is 35.4 Å². The van der Waals surface area contributed by atoms with Gasteiger partial charge in [0.25, 0.3) is 0 Å². The van der Waals surface area contributed by atoms with Crippen LogP contribution in [0, 0.1) is 0 Å². The van der Waals surface area contributed by atoms with E-state index in [1.165, 1.54) is 11.8 Å². The first kappa shape index (κ1) is 21.4. The highest BCUT2D eigenvalue weighted by atomic mass is 79.9. The Bertz CT molecular complexity index is 933. The largest absolute Gasteiger partial charge is 0.441 e. The molecule has 29 heavy (non-hydrogen) atoms. The van der Waals surface area contributed by atoms with Gasteiger partial charge in [0.2, 0.25) is 17.0 Å². The third-order valence-corrected chi connectivity index (χ3v) is 5.23. The average Bonchev–Trinajstić information content (AvgIpc) is 2.70. The number of amides is 1. The molecule has 9 heteroatoms. The van der Waals surface area contributed by atoms with E-state index in [0.717, 1.165) is 10.2 Å². The number of rotatable bonds is 6. The van der Waals surface area contributed by atoms with Gasteiger partial charge in [-0.15, -0.1) is 11.7 Å². The minimum absolute atomic E-state index is 0.142. The highest BCUT2D eigenvalue weighted by Crippen LogP contribution is 2.19. The van der Waals surface area contributed by atoms with Crippen molar-refractivity contribution in [3.05, 3.63) is 70.7 Å². The van der Waals surface area contributed by atoms with Crippen molar-refractivity contribution in [1.82, 2.24) is 5.01 Å². The summed E-state index contributed by atoms with van der Waals surface area (Å²) in [4.78, 5) is 16.7. The van der Waals surface area contributed by atoms with Crippen LogP contribution in [0.25, 0.3) is 0 Å². The van der Waals surface area contributed by atoms with Crippen molar-refractivity contribution in [2.45, 2.75) is 0 Å². The SMILES string of the molecule is C=CCN1CC(Oc2ccc(Cl)cc2)=NC(SCC(=O)Nc2ccc(Br)cc2)=N1. The average molecular weight is 494 g/mol. The second-order valence-electron chi connectivity index (χ2n) is 5.92. The number of ether oxygens (including phenoxy) is 1. The van der Waals surface area contributed by atoms with E-state index in [-0.39, 0.29) is 11.7 Å². The summed E-state index contributed by atoms with van der Waals surface area (Å²) in [6.45, 7) is 4.69. The summed E-state index contributed by atoms with van der Waals surface area (Å²) in [5.41, 5.74) is 0.730. The predicted octanol–water partition coefficient (Wildman–Crippen LogP) is 5.02. The van der Waals surface area contributed by atoms with Crippen molar-refractivity contribution in [3.8, 4) is 5.75 Å². The lowest BCUT2D eigenvalue weighted by Crippen LogP contribution is -2.33. The Kier molecular flexibility index (Phi) is 7.74. The summed E-state index contributed by atoms with van der Waals surface area (Å²) in [5, 5.41) is 10.1. The Morgan fingerprint density at radius 3 is 2.69 bits per heavy atom. The van der Waals surface area contributed by atoms with Crippen LogP contribution in [-0.2, 0) is 4.79 Å². The van der Waals surface area contributed by atoms with Gasteiger partial charge in [-0.2, -0.15) is 4.99 Å². The molecule has 0 aromatic heterocycles. The van der Waals surface area contributed by atoms with E-state index in [9.17, 15) is 4.79 Å². The number of amidine groups is 1. The molecule has 0 unspecified atom stereocenters. The van der Waals surface area contributed by atoms with E-state index >= 15 is 0 Å². The maximum absolute atomic E-state index is 12.2. The molecule has 0 atom stereocenters. The number of hydrazone groups is 1. The number of hydrogen-bond donors (Lipinski definition) is 1. The Balaban J connectivity index is 1.62. The molecule has 1 heterocycles. The summed E-state index contributed by atoms with van der Waals surface area (Å²) in [6, 6.07) is 14.4. The number of hydrogen-bond acceptors (Lipinski definition) is 6. The molecule has 6 nitrogen and oxygen atoms in total. The summed E-state index contributed by atoms with van der Waals surface area (Å²) in [7, 11) is 0. The van der Waals surface area contributed by atoms with Gasteiger partial charge in [0.05, 0.1) is 12.3 Å². The molecule has 0 spiro atoms. The second-order valence-corrected chi connectivity index (χ2v) is 8.22. The van der Waals surface area contributed by atoms with Crippen LogP contribution in [0.3, 0.4) is 0 Å². The highest BCUT2D eigenvalue weighted by Gasteiger charge is 2.18. The molecule has 1 N–H and O–H groups in total. The van der Waals surface area contributed by atoms with Crippen LogP contribution in [0.5, 0.6) is 5.75 Å². The lowest BCUT2D eigenvalue weighted by Gasteiger charge is -2.23. The first-order valence-electron chi connectivity index (χ1n) is 8.65. The standard InChI is InChI=1S/C20H18BrClN4O2S/c1-2-11-26-12-19(28-17-9-5-15(22)6-10-17)24-20(25-26)29-13-18(27)23-16-7-3-14(21)4-8-16/h2-10H,1,11-13H2,(H,23,27). The van der Waals surface area contributed by atoms with Gasteiger partial charge in [-0.05, 0) is 48.5 Å². The fraction of sp³-hybridized carbons (Fsp3) is 0.150. The molecule has 1 aliphatic rings. The fourth-order valence-corrected chi connectivity index (χ4v) is 3.41. The van der Waals surface area contributed by atoms with Crippen LogP contribution >= 0.6 is 39.3 Å². The molecular formula is C20H18BrClN4O2S. The van der Waals surface area contributed by atoms with Crippen molar-refractivity contribution in [2.75, 3.05) is 24.2 Å². The second kappa shape index (κ2) is 10.5. The molecule has 1 amide bonds. The summed E-state index contributed by atoms with van der Waals surface area (Å²) >= 11 is 10.5. The summed E-state index contributed by atoms with van der Waals surface area (Å²) in [6.07, 6.45) is 1.75. The Hall–Kier alpha value is -2.29. The minimum Gasteiger partial charge on any atom is -0.441 e. The van der Waals surface area contributed by atoms with Crippen LogP contribution in [0.2, 0.25) is 5.02 Å². The van der Waals surface area contributed by atoms with Gasteiger partial charge in [0, 0.05) is 15.2 Å². The maximum atomic E-state index is 12.2. The monoisotopic (exact) mass is 492 g/mol. The van der Waals surface area contributed by atoms with Crippen molar-refractivity contribution < 1.29 is 9.53 Å². The topological polar surface area (TPSA) is 66.3 Å². The van der Waals surface area contributed by atoms with Gasteiger partial charge < -0.3 is 10.1 Å². The van der Waals surface area contributed by atoms with Gasteiger partial charge in [-0.3, -0.25) is 9.80 Å². The number of halogens is 2. The molecule has 0 bridgehead atoms. The van der Waals surface area contributed by atoms with Crippen LogP contribution in [0.1, 0.15) is 0 Å². The number of benzene rings is 2. The highest BCUT2D eigenvalue weighted by molar-refractivity contribution is 9.10. The minimum atomic E-state index is -0.142. The van der Waals surface area contributed by atoms with E-state index in [4.69, 9.17) is 16.3 Å². The molecule has 0 saturated carbocycles. The number of aliphatic imine (C=N–C) groups is 1. The number of nitrogens with zero attached hydrogens (tertiary/aromatic N) is 3. The first-order chi connectivity index (χ1) is 14.0. The Morgan fingerprint density at radius 2 is 2.00 bits per heavy atom. The molecule has 150 valence electrons. The van der Waals surface area contributed by atoms with Crippen molar-refractivity contribution in [3.63, 3.8) is 0 Å². The number of anilines is 1. The molecule has 0 fully saturated rings. The van der Waals surface area contributed by atoms with Crippen molar-refractivity contribution in [1.29, 1.82) is 0 Å². The lowest BCUT2D eigenvalue weighted by atomic mass is 10.3. The van der Waals surface area contributed by atoms with Crippen molar-refractivity contribution >= 4 is 62.0 Å². The molecule has 2 aromatic carbocycles. The third kappa shape index (κ3) is 6.92. The lowest BCUT2D eigenvalue weighted by molar-refractivity contribution is -0.113. The normalized spacial score (nSPS) is 13.4. The van der Waals surface area contributed by atoms with E-state index in [2.05, 4.69) is 37.9 Å². The van der Waals surface area contributed by atoms with E-state index < -0.39 is 0 Å². The molecule has 0 saturated heterocycles. The van der Waals surface area contributed by atoms with Crippen molar-refractivity contribution in [2.24, 2.45) is 10.1 Å². The van der Waals surface area contributed by atoms with Gasteiger partial charge in [-0.25, -0.2) is 0 Å². The number of carbonyl (C=O) groups excluding carboxylic acids is 1. The molecule has 2 aromatic rings. The maximum Gasteiger partial charge on any atom is 0.234 e. The van der Waals surface area contributed by atoms with E-state index in [1.807, 2.05) is 24.3 Å². The first-order valence-corrected chi connectivity index (χ1v) is 10.8. The van der Waals surface area contributed by atoms with Gasteiger partial charge in [-0.1, -0.05) is 45.4 Å². The Morgan fingerprint density at radius 1 is 1.28 bits per heavy atom. The van der Waals surface area contributed by atoms with Gasteiger partial charge >= 0.3 is 0 Å². The summed E-state index contributed by atoms with van der Waals surface area (Å²) in [5.74, 6) is 1.15. The molecule has 1 aliphatic heterocycles. The van der Waals surface area contributed by atoms with Crippen LogP contribution in [-0.4, -0.2) is 40.8 Å². The van der Waals surface area contributed by atoms with E-state index in [0.29, 0.717) is 34.9 Å². The van der Waals surface area contributed by atoms with Crippen LogP contribution in [0.4, 0.5) is 5.69 Å². The number of thioether (sulfide) groups is 1. The zero-order valence-corrected chi connectivity index (χ0v) is 18.5. The molecule has 3 rings (SSSR count). The predicted molar refractivity (Wildman–Crippen MR) is 124 cm³/mol. The molecule has 0 radical (unpaired) electrons. The zero-order chi connectivity index (χ0) is 20.6.